The summed E-state index contributed by atoms with van der Waals surface area (Å²) in [5, 5.41) is 12.5. The Morgan fingerprint density at radius 2 is 1.80 bits per heavy atom. The van der Waals surface area contributed by atoms with Crippen LogP contribution in [0.1, 0.15) is 38.1 Å². The monoisotopic (exact) mass is 342 g/mol. The van der Waals surface area contributed by atoms with E-state index < -0.39 is 22.8 Å². The van der Waals surface area contributed by atoms with E-state index in [1.165, 1.54) is 0 Å². The summed E-state index contributed by atoms with van der Waals surface area (Å²) in [5.41, 5.74) is 4.37. The molecule has 0 atom stereocenters. The minimum Gasteiger partial charge on any atom is -0.481 e. The number of carboxylic acid groups (broad SMARTS) is 1. The summed E-state index contributed by atoms with van der Waals surface area (Å²) in [7, 11) is 0. The van der Waals surface area contributed by atoms with Crippen LogP contribution in [-0.2, 0) is 4.79 Å². The molecule has 0 fully saturated rings. The van der Waals surface area contributed by atoms with E-state index in [1.54, 1.807) is 45.9 Å². The molecule has 20 heavy (non-hydrogen) atoms. The van der Waals surface area contributed by atoms with Gasteiger partial charge >= 0.3 is 5.97 Å². The van der Waals surface area contributed by atoms with Crippen LogP contribution in [0.25, 0.3) is 0 Å². The Morgan fingerprint density at radius 1 is 1.25 bits per heavy atom. The number of carbonyl (C=O) groups is 2. The lowest BCUT2D eigenvalue weighted by molar-refractivity contribution is -0.149. The molecule has 6 heteroatoms. The smallest absolute Gasteiger partial charge is 0.311 e. The first-order valence-corrected chi connectivity index (χ1v) is 6.89. The summed E-state index contributed by atoms with van der Waals surface area (Å²) in [5.74, 6) is -1.49. The van der Waals surface area contributed by atoms with E-state index in [-0.39, 0.29) is 0 Å². The molecule has 1 aromatic rings. The van der Waals surface area contributed by atoms with Crippen molar-refractivity contribution in [1.29, 1.82) is 0 Å². The van der Waals surface area contributed by atoms with Crippen LogP contribution in [0, 0.1) is 5.41 Å². The van der Waals surface area contributed by atoms with Crippen LogP contribution < -0.4 is 11.1 Å². The molecule has 0 saturated heterocycles. The van der Waals surface area contributed by atoms with Gasteiger partial charge in [0.2, 0.25) is 0 Å². The number of hydrogen-bond acceptors (Lipinski definition) is 3. The molecule has 0 aromatic heterocycles. The molecule has 0 heterocycles. The van der Waals surface area contributed by atoms with E-state index in [0.717, 1.165) is 4.47 Å². The van der Waals surface area contributed by atoms with E-state index in [2.05, 4.69) is 21.2 Å². The van der Waals surface area contributed by atoms with Crippen molar-refractivity contribution >= 4 is 33.5 Å². The normalized spacial score (nSPS) is 12.1. The van der Waals surface area contributed by atoms with Crippen LogP contribution in [0.4, 0.5) is 5.69 Å². The third-order valence-corrected chi connectivity index (χ3v) is 4.28. The second-order valence-electron chi connectivity index (χ2n) is 5.73. The standard InChI is InChI=1S/C14H19BrN2O3/c1-13(2,12(19)20)14(3,4)17-10-6-5-8(15)7-9(10)11(16)18/h5-7,17H,1-4H3,(H2,16,18)(H,19,20). The van der Waals surface area contributed by atoms with E-state index in [0.29, 0.717) is 11.3 Å². The highest BCUT2D eigenvalue weighted by Gasteiger charge is 2.43. The Kier molecular flexibility index (Phi) is 4.49. The molecule has 0 radical (unpaired) electrons. The van der Waals surface area contributed by atoms with Crippen molar-refractivity contribution in [2.45, 2.75) is 33.2 Å². The maximum Gasteiger partial charge on any atom is 0.311 e. The number of rotatable bonds is 5. The zero-order valence-corrected chi connectivity index (χ0v) is 13.5. The summed E-state index contributed by atoms with van der Waals surface area (Å²) in [6.07, 6.45) is 0. The Morgan fingerprint density at radius 3 is 2.25 bits per heavy atom. The van der Waals surface area contributed by atoms with Crippen molar-refractivity contribution in [2.24, 2.45) is 11.1 Å². The zero-order valence-electron chi connectivity index (χ0n) is 12.0. The molecule has 0 unspecified atom stereocenters. The number of nitrogens with one attached hydrogen (secondary N) is 1. The summed E-state index contributed by atoms with van der Waals surface area (Å²) in [6.45, 7) is 6.80. The third kappa shape index (κ3) is 3.12. The topological polar surface area (TPSA) is 92.4 Å². The van der Waals surface area contributed by atoms with Crippen molar-refractivity contribution in [3.05, 3.63) is 28.2 Å². The number of aliphatic carboxylic acids is 1. The third-order valence-electron chi connectivity index (χ3n) is 3.79. The average Bonchev–Trinajstić information content (AvgIpc) is 2.30. The highest BCUT2D eigenvalue weighted by atomic mass is 79.9. The van der Waals surface area contributed by atoms with Crippen molar-refractivity contribution in [3.63, 3.8) is 0 Å². The fourth-order valence-corrected chi connectivity index (χ4v) is 1.95. The highest BCUT2D eigenvalue weighted by Crippen LogP contribution is 2.35. The number of hydrogen-bond donors (Lipinski definition) is 3. The molecule has 0 aliphatic carbocycles. The summed E-state index contributed by atoms with van der Waals surface area (Å²) in [4.78, 5) is 22.9. The van der Waals surface area contributed by atoms with Gasteiger partial charge in [0, 0.05) is 15.7 Å². The lowest BCUT2D eigenvalue weighted by atomic mass is 9.74. The van der Waals surface area contributed by atoms with Gasteiger partial charge in [-0.1, -0.05) is 15.9 Å². The molecule has 0 aliphatic heterocycles. The molecular weight excluding hydrogens is 324 g/mol. The Hall–Kier alpha value is -1.56. The second-order valence-corrected chi connectivity index (χ2v) is 6.65. The predicted octanol–water partition coefficient (Wildman–Crippen LogP) is 2.85. The van der Waals surface area contributed by atoms with Crippen LogP contribution in [0.3, 0.4) is 0 Å². The number of benzene rings is 1. The molecule has 4 N–H and O–H groups in total. The maximum atomic E-state index is 11.5. The highest BCUT2D eigenvalue weighted by molar-refractivity contribution is 9.10. The van der Waals surface area contributed by atoms with Crippen LogP contribution in [0.5, 0.6) is 0 Å². The van der Waals surface area contributed by atoms with Gasteiger partial charge in [0.1, 0.15) is 0 Å². The van der Waals surface area contributed by atoms with Gasteiger partial charge in [-0.3, -0.25) is 9.59 Å². The van der Waals surface area contributed by atoms with Gasteiger partial charge in [-0.05, 0) is 45.9 Å². The Labute approximate surface area is 126 Å². The molecule has 0 bridgehead atoms. The van der Waals surface area contributed by atoms with Gasteiger partial charge in [-0.25, -0.2) is 0 Å². The van der Waals surface area contributed by atoms with Gasteiger partial charge in [0.05, 0.1) is 11.0 Å². The number of halogens is 1. The van der Waals surface area contributed by atoms with Gasteiger partial charge in [-0.2, -0.15) is 0 Å². The number of carbonyl (C=O) groups excluding carboxylic acids is 1. The summed E-state index contributed by atoms with van der Waals surface area (Å²) >= 11 is 3.28. The van der Waals surface area contributed by atoms with Crippen LogP contribution in [-0.4, -0.2) is 22.5 Å². The molecule has 1 rings (SSSR count). The maximum absolute atomic E-state index is 11.5. The van der Waals surface area contributed by atoms with Crippen molar-refractivity contribution in [3.8, 4) is 0 Å². The number of carboxylic acids is 1. The van der Waals surface area contributed by atoms with Crippen molar-refractivity contribution < 1.29 is 14.7 Å². The first kappa shape index (κ1) is 16.5. The number of amides is 1. The molecule has 0 spiro atoms. The summed E-state index contributed by atoms with van der Waals surface area (Å²) in [6, 6.07) is 5.07. The van der Waals surface area contributed by atoms with E-state index in [9.17, 15) is 14.7 Å². The Bertz CT molecular complexity index is 553. The molecule has 5 nitrogen and oxygen atoms in total. The largest absolute Gasteiger partial charge is 0.481 e. The molecular formula is C14H19BrN2O3. The molecule has 1 amide bonds. The van der Waals surface area contributed by atoms with Crippen LogP contribution in [0.15, 0.2) is 22.7 Å². The first-order valence-electron chi connectivity index (χ1n) is 6.10. The second kappa shape index (κ2) is 5.44. The summed E-state index contributed by atoms with van der Waals surface area (Å²) < 4.78 is 0.729. The Balaban J connectivity index is 3.22. The SMILES string of the molecule is CC(C)(Nc1ccc(Br)cc1C(N)=O)C(C)(C)C(=O)O. The van der Waals surface area contributed by atoms with Crippen LogP contribution in [0.2, 0.25) is 0 Å². The van der Waals surface area contributed by atoms with E-state index >= 15 is 0 Å². The van der Waals surface area contributed by atoms with Gasteiger partial charge in [0.25, 0.3) is 5.91 Å². The fraction of sp³-hybridized carbons (Fsp3) is 0.429. The van der Waals surface area contributed by atoms with E-state index in [1.807, 2.05) is 0 Å². The lowest BCUT2D eigenvalue weighted by Crippen LogP contribution is -2.50. The van der Waals surface area contributed by atoms with Crippen LogP contribution >= 0.6 is 15.9 Å². The van der Waals surface area contributed by atoms with Crippen molar-refractivity contribution in [2.75, 3.05) is 5.32 Å². The number of primary amides is 1. The lowest BCUT2D eigenvalue weighted by Gasteiger charge is -2.40. The predicted molar refractivity (Wildman–Crippen MR) is 81.8 cm³/mol. The molecule has 0 saturated carbocycles. The minimum atomic E-state index is -1.03. The fourth-order valence-electron chi connectivity index (χ4n) is 1.59. The van der Waals surface area contributed by atoms with Gasteiger partial charge < -0.3 is 16.2 Å². The molecule has 0 aliphatic rings. The minimum absolute atomic E-state index is 0.314. The average molecular weight is 343 g/mol. The zero-order chi connectivity index (χ0) is 15.7. The molecule has 1 aromatic carbocycles. The number of nitrogens with two attached hydrogens (primary N) is 1. The number of anilines is 1. The van der Waals surface area contributed by atoms with E-state index in [4.69, 9.17) is 5.73 Å². The van der Waals surface area contributed by atoms with Gasteiger partial charge in [0.15, 0.2) is 0 Å². The molecule has 110 valence electrons. The van der Waals surface area contributed by atoms with Crippen molar-refractivity contribution in [1.82, 2.24) is 0 Å². The quantitative estimate of drug-likeness (QED) is 0.766. The van der Waals surface area contributed by atoms with Gasteiger partial charge in [-0.15, -0.1) is 0 Å². The first-order chi connectivity index (χ1) is 8.99.